The number of rotatable bonds is 3. The monoisotopic (exact) mass is 219 g/mol. The van der Waals surface area contributed by atoms with Crippen LogP contribution < -0.4 is 5.32 Å². The molecule has 1 aromatic carbocycles. The normalized spacial score (nSPS) is 19.6. The van der Waals surface area contributed by atoms with E-state index in [0.717, 1.165) is 5.56 Å². The van der Waals surface area contributed by atoms with E-state index in [9.17, 15) is 9.59 Å². The van der Waals surface area contributed by atoms with Gasteiger partial charge in [0.25, 0.3) is 0 Å². The molecular formula is C12H13NO3. The van der Waals surface area contributed by atoms with E-state index in [4.69, 9.17) is 5.11 Å². The lowest BCUT2D eigenvalue weighted by atomic mass is 9.96. The van der Waals surface area contributed by atoms with Gasteiger partial charge in [0.05, 0.1) is 6.61 Å². The molecule has 4 nitrogen and oxygen atoms in total. The fourth-order valence-corrected chi connectivity index (χ4v) is 1.80. The van der Waals surface area contributed by atoms with Gasteiger partial charge in [0.2, 0.25) is 5.91 Å². The first-order chi connectivity index (χ1) is 7.70. The summed E-state index contributed by atoms with van der Waals surface area (Å²) in [7, 11) is 0. The number of hydrogen-bond acceptors (Lipinski definition) is 3. The summed E-state index contributed by atoms with van der Waals surface area (Å²) < 4.78 is 0. The van der Waals surface area contributed by atoms with Crippen molar-refractivity contribution < 1.29 is 14.7 Å². The first-order valence-corrected chi connectivity index (χ1v) is 5.21. The van der Waals surface area contributed by atoms with Crippen LogP contribution in [0.15, 0.2) is 24.3 Å². The summed E-state index contributed by atoms with van der Waals surface area (Å²) in [5.74, 6) is -0.319. The van der Waals surface area contributed by atoms with E-state index in [-0.39, 0.29) is 30.6 Å². The Bertz CT molecular complexity index is 411. The van der Waals surface area contributed by atoms with Gasteiger partial charge in [-0.3, -0.25) is 9.59 Å². The average Bonchev–Trinajstić information content (AvgIpc) is 2.75. The molecule has 1 unspecified atom stereocenters. The van der Waals surface area contributed by atoms with Crippen molar-refractivity contribution in [3.8, 4) is 0 Å². The Kier molecular flexibility index (Phi) is 3.01. The lowest BCUT2D eigenvalue weighted by molar-refractivity contribution is -0.119. The lowest BCUT2D eigenvalue weighted by Gasteiger charge is -2.06. The number of carbonyl (C=O) groups excluding carboxylic acids is 2. The smallest absolute Gasteiger partial charge is 0.220 e. The number of nitrogens with one attached hydrogen (secondary N) is 1. The van der Waals surface area contributed by atoms with Crippen LogP contribution in [0.1, 0.15) is 22.3 Å². The minimum Gasteiger partial charge on any atom is -0.392 e. The first-order valence-electron chi connectivity index (χ1n) is 5.21. The van der Waals surface area contributed by atoms with E-state index in [2.05, 4.69) is 5.32 Å². The van der Waals surface area contributed by atoms with E-state index < -0.39 is 0 Å². The van der Waals surface area contributed by atoms with Crippen LogP contribution in [-0.4, -0.2) is 23.3 Å². The standard InChI is InChI=1S/C12H13NO3/c14-7-8-1-3-9(4-2-8)12(16)10-5-11(15)13-6-10/h1-4,10,14H,5-7H2,(H,13,15). The summed E-state index contributed by atoms with van der Waals surface area (Å²) in [4.78, 5) is 22.9. The molecule has 1 amide bonds. The topological polar surface area (TPSA) is 66.4 Å². The number of aliphatic hydroxyl groups excluding tert-OH is 1. The van der Waals surface area contributed by atoms with Crippen LogP contribution in [0.5, 0.6) is 0 Å². The zero-order valence-corrected chi connectivity index (χ0v) is 8.77. The molecule has 0 spiro atoms. The Hall–Kier alpha value is -1.68. The van der Waals surface area contributed by atoms with Crippen LogP contribution in [0, 0.1) is 5.92 Å². The van der Waals surface area contributed by atoms with E-state index >= 15 is 0 Å². The Labute approximate surface area is 93.3 Å². The van der Waals surface area contributed by atoms with Gasteiger partial charge in [0.15, 0.2) is 5.78 Å². The Morgan fingerprint density at radius 2 is 2.06 bits per heavy atom. The number of amides is 1. The molecule has 1 aliphatic rings. The number of Topliss-reactive ketones (excluding diaryl/α,β-unsaturated/α-hetero) is 1. The Balaban J connectivity index is 2.11. The maximum absolute atomic E-state index is 11.9. The number of ketones is 1. The third-order valence-electron chi connectivity index (χ3n) is 2.77. The van der Waals surface area contributed by atoms with E-state index in [1.54, 1.807) is 24.3 Å². The molecule has 0 bridgehead atoms. The quantitative estimate of drug-likeness (QED) is 0.727. The summed E-state index contributed by atoms with van der Waals surface area (Å²) >= 11 is 0. The van der Waals surface area contributed by atoms with Crippen LogP contribution in [0.3, 0.4) is 0 Å². The highest BCUT2D eigenvalue weighted by Gasteiger charge is 2.28. The maximum Gasteiger partial charge on any atom is 0.220 e. The average molecular weight is 219 g/mol. The number of hydrogen-bond donors (Lipinski definition) is 2. The molecule has 0 saturated carbocycles. The fourth-order valence-electron chi connectivity index (χ4n) is 1.80. The summed E-state index contributed by atoms with van der Waals surface area (Å²) in [5, 5.41) is 11.5. The van der Waals surface area contributed by atoms with Crippen LogP contribution in [0.2, 0.25) is 0 Å². The van der Waals surface area contributed by atoms with Crippen molar-refractivity contribution in [3.63, 3.8) is 0 Å². The van der Waals surface area contributed by atoms with Crippen molar-refractivity contribution >= 4 is 11.7 Å². The van der Waals surface area contributed by atoms with Gasteiger partial charge in [-0.15, -0.1) is 0 Å². The fraction of sp³-hybridized carbons (Fsp3) is 0.333. The summed E-state index contributed by atoms with van der Waals surface area (Å²) in [6, 6.07) is 6.82. The largest absolute Gasteiger partial charge is 0.392 e. The van der Waals surface area contributed by atoms with Crippen molar-refractivity contribution in [2.75, 3.05) is 6.54 Å². The van der Waals surface area contributed by atoms with Crippen molar-refractivity contribution in [3.05, 3.63) is 35.4 Å². The molecule has 1 heterocycles. The zero-order valence-electron chi connectivity index (χ0n) is 8.77. The number of aliphatic hydroxyl groups is 1. The molecule has 0 aromatic heterocycles. The molecular weight excluding hydrogens is 206 g/mol. The zero-order chi connectivity index (χ0) is 11.5. The Morgan fingerprint density at radius 1 is 1.38 bits per heavy atom. The highest BCUT2D eigenvalue weighted by molar-refractivity contribution is 6.01. The highest BCUT2D eigenvalue weighted by Crippen LogP contribution is 2.16. The van der Waals surface area contributed by atoms with E-state index in [0.29, 0.717) is 12.1 Å². The van der Waals surface area contributed by atoms with Gasteiger partial charge in [-0.05, 0) is 5.56 Å². The molecule has 1 aliphatic heterocycles. The third-order valence-corrected chi connectivity index (χ3v) is 2.77. The first kappa shape index (κ1) is 10.8. The van der Waals surface area contributed by atoms with Gasteiger partial charge in [0.1, 0.15) is 0 Å². The highest BCUT2D eigenvalue weighted by atomic mass is 16.3. The molecule has 2 N–H and O–H groups in total. The van der Waals surface area contributed by atoms with Gasteiger partial charge in [-0.25, -0.2) is 0 Å². The maximum atomic E-state index is 11.9. The summed E-state index contributed by atoms with van der Waals surface area (Å²) in [6.45, 7) is 0.400. The predicted octanol–water partition coefficient (Wildman–Crippen LogP) is 0.498. The summed E-state index contributed by atoms with van der Waals surface area (Å²) in [5.41, 5.74) is 1.37. The van der Waals surface area contributed by atoms with Crippen molar-refractivity contribution in [1.29, 1.82) is 0 Å². The second-order valence-corrected chi connectivity index (χ2v) is 3.92. The van der Waals surface area contributed by atoms with Crippen molar-refractivity contribution in [2.24, 2.45) is 5.92 Å². The Morgan fingerprint density at radius 3 is 2.56 bits per heavy atom. The van der Waals surface area contributed by atoms with E-state index in [1.165, 1.54) is 0 Å². The van der Waals surface area contributed by atoms with Crippen molar-refractivity contribution in [2.45, 2.75) is 13.0 Å². The number of benzene rings is 1. The number of carbonyl (C=O) groups is 2. The molecule has 1 aromatic rings. The molecule has 1 atom stereocenters. The molecule has 0 aliphatic carbocycles. The molecule has 1 saturated heterocycles. The molecule has 84 valence electrons. The second-order valence-electron chi connectivity index (χ2n) is 3.92. The van der Waals surface area contributed by atoms with Gasteiger partial charge in [-0.2, -0.15) is 0 Å². The van der Waals surface area contributed by atoms with E-state index in [1.807, 2.05) is 0 Å². The molecule has 16 heavy (non-hydrogen) atoms. The summed E-state index contributed by atoms with van der Waals surface area (Å²) in [6.07, 6.45) is 0.278. The molecule has 1 fully saturated rings. The minimum absolute atomic E-state index is 0.0113. The van der Waals surface area contributed by atoms with Crippen LogP contribution >= 0.6 is 0 Å². The molecule has 2 rings (SSSR count). The molecule has 4 heteroatoms. The molecule has 0 radical (unpaired) electrons. The van der Waals surface area contributed by atoms with Gasteiger partial charge >= 0.3 is 0 Å². The van der Waals surface area contributed by atoms with Crippen LogP contribution in [0.25, 0.3) is 0 Å². The SMILES string of the molecule is O=C1CC(C(=O)c2ccc(CO)cc2)CN1. The predicted molar refractivity (Wildman–Crippen MR) is 57.8 cm³/mol. The lowest BCUT2D eigenvalue weighted by Crippen LogP contribution is -2.18. The third kappa shape index (κ3) is 2.12. The van der Waals surface area contributed by atoms with Gasteiger partial charge in [0, 0.05) is 24.4 Å². The van der Waals surface area contributed by atoms with Crippen molar-refractivity contribution in [1.82, 2.24) is 5.32 Å². The van der Waals surface area contributed by atoms with Crippen LogP contribution in [-0.2, 0) is 11.4 Å². The van der Waals surface area contributed by atoms with Gasteiger partial charge in [-0.1, -0.05) is 24.3 Å². The van der Waals surface area contributed by atoms with Gasteiger partial charge < -0.3 is 10.4 Å². The minimum atomic E-state index is -0.243. The second kappa shape index (κ2) is 4.45. The van der Waals surface area contributed by atoms with Crippen LogP contribution in [0.4, 0.5) is 0 Å².